The second-order valence-corrected chi connectivity index (χ2v) is 2.81. The first-order valence-electron chi connectivity index (χ1n) is 3.94. The summed E-state index contributed by atoms with van der Waals surface area (Å²) in [5.74, 6) is 0. The Hall–Kier alpha value is -1.35. The molecule has 0 amide bonds. The first-order chi connectivity index (χ1) is 5.86. The highest BCUT2D eigenvalue weighted by Crippen LogP contribution is 2.15. The molecule has 0 aliphatic carbocycles. The number of hydrazine groups is 1. The van der Waals surface area contributed by atoms with Gasteiger partial charge in [-0.15, -0.1) is 0 Å². The van der Waals surface area contributed by atoms with Crippen molar-refractivity contribution in [1.29, 1.82) is 0 Å². The molecule has 0 bridgehead atoms. The third-order valence-corrected chi connectivity index (χ3v) is 1.85. The van der Waals surface area contributed by atoms with Crippen molar-refractivity contribution in [1.82, 2.24) is 15.4 Å². The molecule has 3 nitrogen and oxygen atoms in total. The molecule has 0 aromatic carbocycles. The van der Waals surface area contributed by atoms with Gasteiger partial charge in [-0.25, -0.2) is 5.43 Å². The molecule has 0 radical (unpaired) electrons. The first kappa shape index (κ1) is 7.31. The minimum atomic E-state index is 0.233. The smallest absolute Gasteiger partial charge is 0.0881 e. The SMILES string of the molecule is CN1C=CC(c2ccccn2)N1. The highest BCUT2D eigenvalue weighted by atomic mass is 15.5. The molecule has 1 aromatic heterocycles. The van der Waals surface area contributed by atoms with E-state index in [0.717, 1.165) is 5.69 Å². The fourth-order valence-corrected chi connectivity index (χ4v) is 1.25. The van der Waals surface area contributed by atoms with Crippen LogP contribution in [0.3, 0.4) is 0 Å². The average Bonchev–Trinajstić information content (AvgIpc) is 2.54. The topological polar surface area (TPSA) is 28.2 Å². The minimum Gasteiger partial charge on any atom is -0.318 e. The van der Waals surface area contributed by atoms with E-state index in [9.17, 15) is 0 Å². The van der Waals surface area contributed by atoms with Gasteiger partial charge in [-0.05, 0) is 18.2 Å². The number of pyridine rings is 1. The predicted molar refractivity (Wildman–Crippen MR) is 47.0 cm³/mol. The van der Waals surface area contributed by atoms with E-state index in [1.807, 2.05) is 42.7 Å². The van der Waals surface area contributed by atoms with E-state index in [0.29, 0.717) is 0 Å². The van der Waals surface area contributed by atoms with Crippen molar-refractivity contribution in [2.24, 2.45) is 0 Å². The molecule has 12 heavy (non-hydrogen) atoms. The summed E-state index contributed by atoms with van der Waals surface area (Å²) in [6, 6.07) is 6.17. The molecule has 2 heterocycles. The van der Waals surface area contributed by atoms with Crippen molar-refractivity contribution in [3.05, 3.63) is 42.4 Å². The summed E-state index contributed by atoms with van der Waals surface area (Å²) in [7, 11) is 1.97. The predicted octanol–water partition coefficient (Wildman–Crippen LogP) is 1.09. The van der Waals surface area contributed by atoms with Crippen LogP contribution >= 0.6 is 0 Å². The van der Waals surface area contributed by atoms with Crippen LogP contribution in [-0.2, 0) is 0 Å². The molecule has 0 saturated heterocycles. The summed E-state index contributed by atoms with van der Waals surface area (Å²) < 4.78 is 0. The maximum absolute atomic E-state index is 4.25. The summed E-state index contributed by atoms with van der Waals surface area (Å²) in [6.45, 7) is 0. The number of nitrogens with one attached hydrogen (secondary N) is 1. The zero-order valence-corrected chi connectivity index (χ0v) is 6.94. The lowest BCUT2D eigenvalue weighted by molar-refractivity contribution is 0.331. The van der Waals surface area contributed by atoms with Gasteiger partial charge >= 0.3 is 0 Å². The highest BCUT2D eigenvalue weighted by molar-refractivity contribution is 5.16. The van der Waals surface area contributed by atoms with Crippen LogP contribution in [0, 0.1) is 0 Å². The van der Waals surface area contributed by atoms with Crippen molar-refractivity contribution in [3.63, 3.8) is 0 Å². The van der Waals surface area contributed by atoms with Crippen molar-refractivity contribution >= 4 is 0 Å². The van der Waals surface area contributed by atoms with Crippen molar-refractivity contribution in [3.8, 4) is 0 Å². The second-order valence-electron chi connectivity index (χ2n) is 2.81. The molecule has 1 N–H and O–H groups in total. The third kappa shape index (κ3) is 1.31. The Bertz CT molecular complexity index is 281. The summed E-state index contributed by atoms with van der Waals surface area (Å²) >= 11 is 0. The third-order valence-electron chi connectivity index (χ3n) is 1.85. The lowest BCUT2D eigenvalue weighted by Gasteiger charge is -2.13. The van der Waals surface area contributed by atoms with Gasteiger partial charge in [-0.3, -0.25) is 4.98 Å². The van der Waals surface area contributed by atoms with E-state index in [-0.39, 0.29) is 6.04 Å². The maximum atomic E-state index is 4.25. The van der Waals surface area contributed by atoms with Crippen LogP contribution in [0.5, 0.6) is 0 Å². The Morgan fingerprint density at radius 1 is 1.50 bits per heavy atom. The van der Waals surface area contributed by atoms with E-state index < -0.39 is 0 Å². The lowest BCUT2D eigenvalue weighted by atomic mass is 10.2. The zero-order valence-electron chi connectivity index (χ0n) is 6.94. The molecule has 62 valence electrons. The van der Waals surface area contributed by atoms with E-state index in [1.54, 1.807) is 0 Å². The van der Waals surface area contributed by atoms with Crippen LogP contribution in [0.1, 0.15) is 11.7 Å². The van der Waals surface area contributed by atoms with Gasteiger partial charge in [0.25, 0.3) is 0 Å². The van der Waals surface area contributed by atoms with Gasteiger partial charge in [-0.1, -0.05) is 6.07 Å². The molecule has 2 rings (SSSR count). The highest BCUT2D eigenvalue weighted by Gasteiger charge is 2.13. The fraction of sp³-hybridized carbons (Fsp3) is 0.222. The van der Waals surface area contributed by atoms with E-state index in [2.05, 4.69) is 16.5 Å². The first-order valence-corrected chi connectivity index (χ1v) is 3.94. The molecule has 1 atom stereocenters. The van der Waals surface area contributed by atoms with Crippen LogP contribution in [0.4, 0.5) is 0 Å². The Morgan fingerprint density at radius 3 is 3.00 bits per heavy atom. The zero-order chi connectivity index (χ0) is 8.39. The number of nitrogens with zero attached hydrogens (tertiary/aromatic N) is 2. The number of hydrogen-bond acceptors (Lipinski definition) is 3. The Morgan fingerprint density at radius 2 is 2.42 bits per heavy atom. The molecular formula is C9H11N3. The molecule has 0 saturated carbocycles. The van der Waals surface area contributed by atoms with Gasteiger partial charge in [-0.2, -0.15) is 0 Å². The largest absolute Gasteiger partial charge is 0.318 e. The van der Waals surface area contributed by atoms with E-state index in [1.165, 1.54) is 0 Å². The van der Waals surface area contributed by atoms with Crippen LogP contribution in [0.25, 0.3) is 0 Å². The van der Waals surface area contributed by atoms with Crippen LogP contribution < -0.4 is 5.43 Å². The van der Waals surface area contributed by atoms with Gasteiger partial charge in [0.2, 0.25) is 0 Å². The van der Waals surface area contributed by atoms with Gasteiger partial charge in [0.05, 0.1) is 11.7 Å². The van der Waals surface area contributed by atoms with Crippen LogP contribution in [-0.4, -0.2) is 17.0 Å². The number of hydrogen-bond donors (Lipinski definition) is 1. The van der Waals surface area contributed by atoms with Gasteiger partial charge in [0.15, 0.2) is 0 Å². The second kappa shape index (κ2) is 2.95. The van der Waals surface area contributed by atoms with Crippen molar-refractivity contribution in [2.75, 3.05) is 7.05 Å². The summed E-state index contributed by atoms with van der Waals surface area (Å²) in [4.78, 5) is 4.25. The standard InChI is InChI=1S/C9H11N3/c1-12-7-5-9(11-12)8-4-2-3-6-10-8/h2-7,9,11H,1H3. The van der Waals surface area contributed by atoms with Gasteiger partial charge < -0.3 is 5.01 Å². The maximum Gasteiger partial charge on any atom is 0.0881 e. The Balaban J connectivity index is 2.18. The van der Waals surface area contributed by atoms with E-state index >= 15 is 0 Å². The van der Waals surface area contributed by atoms with Crippen LogP contribution in [0.15, 0.2) is 36.7 Å². The van der Waals surface area contributed by atoms with Gasteiger partial charge in [0, 0.05) is 19.4 Å². The fourth-order valence-electron chi connectivity index (χ4n) is 1.25. The quantitative estimate of drug-likeness (QED) is 0.668. The summed E-state index contributed by atoms with van der Waals surface area (Å²) in [5, 5.41) is 1.93. The van der Waals surface area contributed by atoms with Crippen LogP contribution in [0.2, 0.25) is 0 Å². The Labute approximate surface area is 71.7 Å². The molecular weight excluding hydrogens is 150 g/mol. The summed E-state index contributed by atoms with van der Waals surface area (Å²) in [6.07, 6.45) is 5.89. The molecule has 0 spiro atoms. The molecule has 1 aliphatic heterocycles. The molecule has 3 heteroatoms. The minimum absolute atomic E-state index is 0.233. The average molecular weight is 161 g/mol. The van der Waals surface area contributed by atoms with Gasteiger partial charge in [0.1, 0.15) is 0 Å². The normalized spacial score (nSPS) is 21.8. The van der Waals surface area contributed by atoms with E-state index in [4.69, 9.17) is 0 Å². The molecule has 1 aliphatic rings. The van der Waals surface area contributed by atoms with Crippen molar-refractivity contribution < 1.29 is 0 Å². The van der Waals surface area contributed by atoms with Crippen molar-refractivity contribution in [2.45, 2.75) is 6.04 Å². The molecule has 0 fully saturated rings. The number of rotatable bonds is 1. The Kier molecular flexibility index (Phi) is 1.80. The number of aromatic nitrogens is 1. The summed E-state index contributed by atoms with van der Waals surface area (Å²) in [5.41, 5.74) is 4.28. The monoisotopic (exact) mass is 161 g/mol. The molecule has 1 unspecified atom stereocenters. The molecule has 1 aromatic rings. The lowest BCUT2D eigenvalue weighted by Crippen LogP contribution is -2.27.